The zero-order valence-corrected chi connectivity index (χ0v) is 12.9. The zero-order valence-electron chi connectivity index (χ0n) is 9.84. The fraction of sp³-hybridized carbons (Fsp3) is 0.143. The highest BCUT2D eigenvalue weighted by atomic mass is 79.9. The van der Waals surface area contributed by atoms with Crippen molar-refractivity contribution >= 4 is 39.1 Å². The first kappa shape index (κ1) is 14.8. The van der Waals surface area contributed by atoms with Crippen LogP contribution in [0.1, 0.15) is 17.2 Å². The molecule has 0 fully saturated rings. The summed E-state index contributed by atoms with van der Waals surface area (Å²) in [5, 5.41) is 0.929. The van der Waals surface area contributed by atoms with E-state index in [0.717, 1.165) is 5.56 Å². The van der Waals surface area contributed by atoms with E-state index in [4.69, 9.17) is 28.9 Å². The van der Waals surface area contributed by atoms with Gasteiger partial charge in [0.15, 0.2) is 0 Å². The van der Waals surface area contributed by atoms with Crippen LogP contribution in [0.15, 0.2) is 40.9 Å². The molecule has 1 nitrogen and oxygen atoms in total. The Morgan fingerprint density at radius 2 is 1.84 bits per heavy atom. The number of benzene rings is 2. The second-order valence-corrected chi connectivity index (χ2v) is 5.95. The third kappa shape index (κ3) is 3.69. The van der Waals surface area contributed by atoms with Gasteiger partial charge in [0.2, 0.25) is 0 Å². The van der Waals surface area contributed by atoms with Gasteiger partial charge in [-0.15, -0.1) is 0 Å². The van der Waals surface area contributed by atoms with E-state index in [-0.39, 0.29) is 11.9 Å². The van der Waals surface area contributed by atoms with Gasteiger partial charge in [0.05, 0.1) is 10.0 Å². The first-order chi connectivity index (χ1) is 8.97. The minimum Gasteiger partial charge on any atom is -0.324 e. The van der Waals surface area contributed by atoms with Crippen molar-refractivity contribution in [1.29, 1.82) is 0 Å². The van der Waals surface area contributed by atoms with Crippen molar-refractivity contribution in [3.05, 3.63) is 67.9 Å². The van der Waals surface area contributed by atoms with Crippen molar-refractivity contribution in [2.24, 2.45) is 5.73 Å². The molecule has 0 aromatic heterocycles. The second kappa shape index (κ2) is 6.23. The fourth-order valence-electron chi connectivity index (χ4n) is 1.79. The monoisotopic (exact) mass is 361 g/mol. The Morgan fingerprint density at radius 1 is 1.11 bits per heavy atom. The normalized spacial score (nSPS) is 12.5. The molecular weight excluding hydrogens is 352 g/mol. The summed E-state index contributed by atoms with van der Waals surface area (Å²) in [4.78, 5) is 0. The van der Waals surface area contributed by atoms with Crippen LogP contribution in [0.25, 0.3) is 0 Å². The molecule has 2 aromatic rings. The molecule has 1 unspecified atom stereocenters. The number of nitrogens with two attached hydrogens (primary N) is 1. The highest BCUT2D eigenvalue weighted by Crippen LogP contribution is 2.27. The summed E-state index contributed by atoms with van der Waals surface area (Å²) >= 11 is 15.0. The molecule has 2 rings (SSSR count). The van der Waals surface area contributed by atoms with Crippen LogP contribution in [0.4, 0.5) is 4.39 Å². The maximum atomic E-state index is 13.7. The summed E-state index contributed by atoms with van der Waals surface area (Å²) in [7, 11) is 0. The molecule has 0 aliphatic carbocycles. The molecule has 1 atom stereocenters. The molecule has 0 radical (unpaired) electrons. The van der Waals surface area contributed by atoms with Crippen molar-refractivity contribution in [3.8, 4) is 0 Å². The highest BCUT2D eigenvalue weighted by molar-refractivity contribution is 9.10. The molecule has 0 bridgehead atoms. The van der Waals surface area contributed by atoms with Crippen LogP contribution >= 0.6 is 39.1 Å². The van der Waals surface area contributed by atoms with E-state index < -0.39 is 0 Å². The van der Waals surface area contributed by atoms with E-state index >= 15 is 0 Å². The summed E-state index contributed by atoms with van der Waals surface area (Å²) in [5.41, 5.74) is 7.47. The molecule has 100 valence electrons. The van der Waals surface area contributed by atoms with Gasteiger partial charge < -0.3 is 5.73 Å². The van der Waals surface area contributed by atoms with Gasteiger partial charge in [-0.2, -0.15) is 0 Å². The van der Waals surface area contributed by atoms with Gasteiger partial charge >= 0.3 is 0 Å². The molecule has 5 heteroatoms. The highest BCUT2D eigenvalue weighted by Gasteiger charge is 2.12. The van der Waals surface area contributed by atoms with Crippen LogP contribution in [0.3, 0.4) is 0 Å². The van der Waals surface area contributed by atoms with Gasteiger partial charge in [-0.25, -0.2) is 4.39 Å². The quantitative estimate of drug-likeness (QED) is 0.803. The predicted molar refractivity (Wildman–Crippen MR) is 81.2 cm³/mol. The SMILES string of the molecule is NC(Cc1ccc(Br)cc1F)c1ccc(Cl)c(Cl)c1. The average molecular weight is 363 g/mol. The van der Waals surface area contributed by atoms with Gasteiger partial charge in [-0.1, -0.05) is 51.3 Å². The van der Waals surface area contributed by atoms with Gasteiger partial charge in [0.1, 0.15) is 5.82 Å². The lowest BCUT2D eigenvalue weighted by Gasteiger charge is -2.13. The first-order valence-corrected chi connectivity index (χ1v) is 7.16. The maximum Gasteiger partial charge on any atom is 0.127 e. The van der Waals surface area contributed by atoms with Crippen molar-refractivity contribution in [2.75, 3.05) is 0 Å². The van der Waals surface area contributed by atoms with Crippen LogP contribution in [0.5, 0.6) is 0 Å². The minimum absolute atomic E-state index is 0.273. The Labute approximate surface area is 129 Å². The summed E-state index contributed by atoms with van der Waals surface area (Å²) in [6, 6.07) is 9.82. The largest absolute Gasteiger partial charge is 0.324 e. The van der Waals surface area contributed by atoms with Crippen LogP contribution < -0.4 is 5.73 Å². The smallest absolute Gasteiger partial charge is 0.127 e. The third-order valence-electron chi connectivity index (χ3n) is 2.83. The Kier molecular flexibility index (Phi) is 4.85. The molecule has 19 heavy (non-hydrogen) atoms. The summed E-state index contributed by atoms with van der Waals surface area (Å²) in [6.07, 6.45) is 0.400. The number of hydrogen-bond acceptors (Lipinski definition) is 1. The molecule has 2 aromatic carbocycles. The number of hydrogen-bond donors (Lipinski definition) is 1. The van der Waals surface area contributed by atoms with E-state index in [2.05, 4.69) is 15.9 Å². The summed E-state index contributed by atoms with van der Waals surface area (Å²) in [5.74, 6) is -0.273. The van der Waals surface area contributed by atoms with Crippen molar-refractivity contribution in [3.63, 3.8) is 0 Å². The number of halogens is 4. The first-order valence-electron chi connectivity index (χ1n) is 5.62. The van der Waals surface area contributed by atoms with E-state index in [0.29, 0.717) is 26.5 Å². The molecule has 0 amide bonds. The molecule has 0 spiro atoms. The van der Waals surface area contributed by atoms with Crippen molar-refractivity contribution in [1.82, 2.24) is 0 Å². The minimum atomic E-state index is -0.328. The Morgan fingerprint density at radius 3 is 2.47 bits per heavy atom. The molecule has 0 saturated carbocycles. The summed E-state index contributed by atoms with van der Waals surface area (Å²) < 4.78 is 14.4. The van der Waals surface area contributed by atoms with Crippen molar-refractivity contribution < 1.29 is 4.39 Å². The summed E-state index contributed by atoms with van der Waals surface area (Å²) in [6.45, 7) is 0. The third-order valence-corrected chi connectivity index (χ3v) is 4.06. The van der Waals surface area contributed by atoms with Gasteiger partial charge in [0, 0.05) is 10.5 Å². The van der Waals surface area contributed by atoms with Gasteiger partial charge in [-0.05, 0) is 41.8 Å². The lowest BCUT2D eigenvalue weighted by Crippen LogP contribution is -2.14. The topological polar surface area (TPSA) is 26.0 Å². The van der Waals surface area contributed by atoms with Gasteiger partial charge in [0.25, 0.3) is 0 Å². The Hall–Kier alpha value is -0.610. The lowest BCUT2D eigenvalue weighted by molar-refractivity contribution is 0.592. The van der Waals surface area contributed by atoms with Crippen LogP contribution in [0, 0.1) is 5.82 Å². The van der Waals surface area contributed by atoms with E-state index in [1.54, 1.807) is 30.3 Å². The lowest BCUT2D eigenvalue weighted by atomic mass is 9.99. The maximum absolute atomic E-state index is 13.7. The van der Waals surface area contributed by atoms with Crippen molar-refractivity contribution in [2.45, 2.75) is 12.5 Å². The van der Waals surface area contributed by atoms with E-state index in [1.807, 2.05) is 0 Å². The molecule has 0 aliphatic rings. The molecular formula is C14H11BrCl2FN. The Bertz CT molecular complexity index is 604. The van der Waals surface area contributed by atoms with E-state index in [1.165, 1.54) is 6.07 Å². The predicted octanol–water partition coefficient (Wildman–Crippen LogP) is 5.14. The molecule has 0 aliphatic heterocycles. The second-order valence-electron chi connectivity index (χ2n) is 4.22. The van der Waals surface area contributed by atoms with Crippen LogP contribution in [0.2, 0.25) is 10.0 Å². The van der Waals surface area contributed by atoms with E-state index in [9.17, 15) is 4.39 Å². The van der Waals surface area contributed by atoms with Crippen LogP contribution in [-0.4, -0.2) is 0 Å². The fourth-order valence-corrected chi connectivity index (χ4v) is 2.42. The standard InChI is InChI=1S/C14H11BrCl2FN/c15-10-3-1-8(13(18)7-10)6-14(19)9-2-4-11(16)12(17)5-9/h1-5,7,14H,6,19H2. The zero-order chi connectivity index (χ0) is 14.0. The van der Waals surface area contributed by atoms with Gasteiger partial charge in [-0.3, -0.25) is 0 Å². The Balaban J connectivity index is 2.20. The number of rotatable bonds is 3. The van der Waals surface area contributed by atoms with Crippen LogP contribution in [-0.2, 0) is 6.42 Å². The molecule has 0 heterocycles. The molecule has 2 N–H and O–H groups in total. The average Bonchev–Trinajstić information content (AvgIpc) is 2.36. The molecule has 0 saturated heterocycles.